The molecule has 0 spiro atoms. The van der Waals surface area contributed by atoms with Gasteiger partial charge in [-0.2, -0.15) is 0 Å². The average molecular weight is 519 g/mol. The van der Waals surface area contributed by atoms with Gasteiger partial charge in [0.1, 0.15) is 22.8 Å². The Hall–Kier alpha value is -4.74. The molecule has 0 aliphatic rings. The number of hydrogen-bond acceptors (Lipinski definition) is 5. The topological polar surface area (TPSA) is 79.7 Å². The van der Waals surface area contributed by atoms with Crippen molar-refractivity contribution in [1.29, 1.82) is 0 Å². The van der Waals surface area contributed by atoms with Crippen molar-refractivity contribution in [3.05, 3.63) is 112 Å². The Morgan fingerprint density at radius 2 is 1.78 bits per heavy atom. The van der Waals surface area contributed by atoms with E-state index in [2.05, 4.69) is 10.9 Å². The highest BCUT2D eigenvalue weighted by atomic mass is 35.5. The number of benzene rings is 3. The van der Waals surface area contributed by atoms with Crippen LogP contribution in [0.5, 0.6) is 11.5 Å². The Bertz CT molecular complexity index is 1530. The van der Waals surface area contributed by atoms with Crippen molar-refractivity contribution in [3.8, 4) is 23.8 Å². The third kappa shape index (κ3) is 5.58. The highest BCUT2D eigenvalue weighted by Crippen LogP contribution is 2.31. The van der Waals surface area contributed by atoms with E-state index < -0.39 is 23.4 Å². The van der Waals surface area contributed by atoms with Gasteiger partial charge in [-0.15, -0.1) is 6.42 Å². The number of halogens is 3. The molecule has 1 aromatic heterocycles. The number of para-hydroxylation sites is 1. The van der Waals surface area contributed by atoms with E-state index in [1.54, 1.807) is 6.07 Å². The van der Waals surface area contributed by atoms with E-state index in [0.29, 0.717) is 5.69 Å². The summed E-state index contributed by atoms with van der Waals surface area (Å²) < 4.78 is 33.9. The van der Waals surface area contributed by atoms with E-state index in [1.807, 2.05) is 0 Å². The average Bonchev–Trinajstić information content (AvgIpc) is 2.89. The molecule has 0 aliphatic heterocycles. The lowest BCUT2D eigenvalue weighted by atomic mass is 10.0. The Kier molecular flexibility index (Phi) is 7.47. The van der Waals surface area contributed by atoms with Gasteiger partial charge >= 0.3 is 5.97 Å². The molecule has 0 bridgehead atoms. The Labute approximate surface area is 215 Å². The molecule has 0 aliphatic carbocycles. The van der Waals surface area contributed by atoms with Gasteiger partial charge in [0.15, 0.2) is 11.6 Å². The molecule has 184 valence electrons. The van der Waals surface area contributed by atoms with E-state index in [1.165, 1.54) is 65.7 Å². The fourth-order valence-corrected chi connectivity index (χ4v) is 3.67. The molecule has 0 amide bonds. The zero-order valence-corrected chi connectivity index (χ0v) is 19.7. The van der Waals surface area contributed by atoms with Gasteiger partial charge in [-0.3, -0.25) is 9.78 Å². The van der Waals surface area contributed by atoms with Gasteiger partial charge in [0.25, 0.3) is 0 Å². The predicted octanol–water partition coefficient (Wildman–Crippen LogP) is 6.51. The van der Waals surface area contributed by atoms with Crippen LogP contribution in [0, 0.1) is 24.0 Å². The lowest BCUT2D eigenvalue weighted by Crippen LogP contribution is -2.19. The first-order valence-electron chi connectivity index (χ1n) is 10.7. The molecule has 3 aromatic carbocycles. The maximum absolute atomic E-state index is 14.5. The van der Waals surface area contributed by atoms with Gasteiger partial charge in [-0.05, 0) is 60.7 Å². The lowest BCUT2D eigenvalue weighted by molar-refractivity contribution is 0.0694. The molecule has 4 aromatic rings. The number of hydrogen-bond donors (Lipinski definition) is 1. The molecule has 0 saturated heterocycles. The van der Waals surface area contributed by atoms with Gasteiger partial charge in [-0.1, -0.05) is 29.7 Å². The van der Waals surface area contributed by atoms with E-state index in [9.17, 15) is 23.5 Å². The molecule has 4 rings (SSSR count). The summed E-state index contributed by atoms with van der Waals surface area (Å²) in [5.41, 5.74) is 0.322. The summed E-state index contributed by atoms with van der Waals surface area (Å²) in [6.45, 7) is 0.0268. The molecule has 37 heavy (non-hydrogen) atoms. The largest absolute Gasteiger partial charge is 0.478 e. The van der Waals surface area contributed by atoms with Crippen LogP contribution in [-0.2, 0) is 0 Å². The predicted molar refractivity (Wildman–Crippen MR) is 135 cm³/mol. The normalized spacial score (nSPS) is 10.4. The van der Waals surface area contributed by atoms with E-state index in [0.717, 1.165) is 12.1 Å². The molecule has 0 saturated carbocycles. The minimum atomic E-state index is -1.36. The number of pyridine rings is 1. The van der Waals surface area contributed by atoms with Gasteiger partial charge < -0.3 is 14.7 Å². The third-order valence-corrected chi connectivity index (χ3v) is 5.51. The molecular formula is C28H17ClF2N2O4. The van der Waals surface area contributed by atoms with Crippen LogP contribution >= 0.6 is 11.6 Å². The molecule has 0 atom stereocenters. The highest BCUT2D eigenvalue weighted by Gasteiger charge is 2.20. The first kappa shape index (κ1) is 25.4. The Balaban J connectivity index is 1.62. The Morgan fingerprint density at radius 3 is 2.43 bits per heavy atom. The molecule has 6 nitrogen and oxygen atoms in total. The maximum atomic E-state index is 14.5. The van der Waals surface area contributed by atoms with E-state index >= 15 is 0 Å². The van der Waals surface area contributed by atoms with Crippen molar-refractivity contribution < 1.29 is 28.2 Å². The van der Waals surface area contributed by atoms with Crippen LogP contribution in [0.4, 0.5) is 20.2 Å². The van der Waals surface area contributed by atoms with Crippen LogP contribution in [0.25, 0.3) is 0 Å². The summed E-state index contributed by atoms with van der Waals surface area (Å²) >= 11 is 5.84. The third-order valence-electron chi connectivity index (χ3n) is 5.27. The second-order valence-electron chi connectivity index (χ2n) is 7.67. The number of aromatic nitrogens is 1. The first-order chi connectivity index (χ1) is 17.8. The standard InChI is InChI=1S/C28H17ClF2N2O4/c1-2-13-33(24-11-8-18(29)15-22(24)31)19-9-10-23(32-16-19)27(34)17-7-12-25(20(14-17)28(35)36)37-26-6-4-3-5-21(26)30/h1,3-12,14-16H,13H2,(H,35,36). The number of carbonyl (C=O) groups excluding carboxylic acids is 1. The minimum absolute atomic E-state index is 0.0140. The van der Waals surface area contributed by atoms with Crippen molar-refractivity contribution in [2.45, 2.75) is 0 Å². The van der Waals surface area contributed by atoms with Crippen LogP contribution < -0.4 is 9.64 Å². The van der Waals surface area contributed by atoms with Crippen LogP contribution in [0.3, 0.4) is 0 Å². The number of ketones is 1. The first-order valence-corrected chi connectivity index (χ1v) is 11.1. The number of anilines is 2. The van der Waals surface area contributed by atoms with Gasteiger partial charge in [0.2, 0.25) is 5.78 Å². The summed E-state index contributed by atoms with van der Waals surface area (Å²) in [6.07, 6.45) is 6.81. The molecule has 1 heterocycles. The molecule has 0 fully saturated rings. The van der Waals surface area contributed by atoms with Crippen molar-refractivity contribution in [1.82, 2.24) is 4.98 Å². The number of carbonyl (C=O) groups is 2. The molecule has 0 unspecified atom stereocenters. The van der Waals surface area contributed by atoms with Gasteiger partial charge in [0, 0.05) is 10.6 Å². The van der Waals surface area contributed by atoms with Crippen LogP contribution in [0.15, 0.2) is 79.0 Å². The van der Waals surface area contributed by atoms with E-state index in [4.69, 9.17) is 22.8 Å². The molecular weight excluding hydrogens is 502 g/mol. The van der Waals surface area contributed by atoms with Crippen molar-refractivity contribution in [2.24, 2.45) is 0 Å². The van der Waals surface area contributed by atoms with Crippen molar-refractivity contribution in [2.75, 3.05) is 11.4 Å². The second kappa shape index (κ2) is 10.9. The number of terminal acetylenes is 1. The molecule has 9 heteroatoms. The summed E-state index contributed by atoms with van der Waals surface area (Å²) in [5.74, 6) is -1.01. The summed E-state index contributed by atoms with van der Waals surface area (Å²) in [5, 5.41) is 9.85. The van der Waals surface area contributed by atoms with Gasteiger partial charge in [0.05, 0.1) is 24.1 Å². The van der Waals surface area contributed by atoms with Crippen molar-refractivity contribution >= 4 is 34.7 Å². The number of aromatic carboxylic acids is 1. The number of ether oxygens (including phenoxy) is 1. The van der Waals surface area contributed by atoms with E-state index in [-0.39, 0.29) is 45.6 Å². The fraction of sp³-hybridized carbons (Fsp3) is 0.0357. The quantitative estimate of drug-likeness (QED) is 0.212. The van der Waals surface area contributed by atoms with Crippen LogP contribution in [-0.4, -0.2) is 28.4 Å². The highest BCUT2D eigenvalue weighted by molar-refractivity contribution is 6.30. The smallest absolute Gasteiger partial charge is 0.339 e. The van der Waals surface area contributed by atoms with Crippen LogP contribution in [0.2, 0.25) is 5.02 Å². The summed E-state index contributed by atoms with van der Waals surface area (Å²) in [4.78, 5) is 30.5. The summed E-state index contributed by atoms with van der Waals surface area (Å²) in [6, 6.07) is 16.4. The lowest BCUT2D eigenvalue weighted by Gasteiger charge is -2.23. The Morgan fingerprint density at radius 1 is 1.00 bits per heavy atom. The minimum Gasteiger partial charge on any atom is -0.478 e. The maximum Gasteiger partial charge on any atom is 0.339 e. The molecule has 1 N–H and O–H groups in total. The second-order valence-corrected chi connectivity index (χ2v) is 8.10. The van der Waals surface area contributed by atoms with Crippen molar-refractivity contribution in [3.63, 3.8) is 0 Å². The van der Waals surface area contributed by atoms with Crippen LogP contribution in [0.1, 0.15) is 26.4 Å². The molecule has 0 radical (unpaired) electrons. The summed E-state index contributed by atoms with van der Waals surface area (Å²) in [7, 11) is 0. The zero-order chi connectivity index (χ0) is 26.5. The fourth-order valence-electron chi connectivity index (χ4n) is 3.51. The monoisotopic (exact) mass is 518 g/mol. The SMILES string of the molecule is C#CCN(c1ccc(C(=O)c2ccc(Oc3ccccc3F)c(C(=O)O)c2)nc1)c1ccc(Cl)cc1F. The number of carboxylic acid groups (broad SMARTS) is 1. The van der Waals surface area contributed by atoms with Gasteiger partial charge in [-0.25, -0.2) is 13.6 Å². The zero-order valence-electron chi connectivity index (χ0n) is 19.0. The number of nitrogens with zero attached hydrogens (tertiary/aromatic N) is 2. The number of carboxylic acids is 1. The number of rotatable bonds is 8.